The fourth-order valence-corrected chi connectivity index (χ4v) is 2.85. The molecule has 0 radical (unpaired) electrons. The first-order chi connectivity index (χ1) is 9.05. The van der Waals surface area contributed by atoms with E-state index in [0.717, 1.165) is 23.5 Å². The molecule has 0 fully saturated rings. The van der Waals surface area contributed by atoms with Crippen molar-refractivity contribution in [1.82, 2.24) is 0 Å². The van der Waals surface area contributed by atoms with Gasteiger partial charge in [0, 0.05) is 22.6 Å². The molecule has 2 bridgehead atoms. The van der Waals surface area contributed by atoms with Crippen LogP contribution in [0.15, 0.2) is 36.4 Å². The van der Waals surface area contributed by atoms with Gasteiger partial charge in [-0.05, 0) is 12.0 Å². The molecule has 2 aromatic carbocycles. The van der Waals surface area contributed by atoms with Crippen LogP contribution >= 0.6 is 0 Å². The Kier molecular flexibility index (Phi) is 2.56. The summed E-state index contributed by atoms with van der Waals surface area (Å²) in [6.45, 7) is 6.43. The van der Waals surface area contributed by atoms with E-state index in [1.165, 1.54) is 11.1 Å². The Morgan fingerprint density at radius 1 is 1.16 bits per heavy atom. The first-order valence-electron chi connectivity index (χ1n) is 6.68. The van der Waals surface area contributed by atoms with Gasteiger partial charge in [0.25, 0.3) is 0 Å². The summed E-state index contributed by atoms with van der Waals surface area (Å²) >= 11 is 0. The zero-order valence-electron chi connectivity index (χ0n) is 11.5. The number of phenolic OH excluding ortho intramolecular Hbond substituents is 1. The molecule has 98 valence electrons. The zero-order valence-corrected chi connectivity index (χ0v) is 11.5. The summed E-state index contributed by atoms with van der Waals surface area (Å²) in [5.41, 5.74) is 3.26. The van der Waals surface area contributed by atoms with Gasteiger partial charge in [-0.3, -0.25) is 0 Å². The minimum atomic E-state index is -0.109. The maximum absolute atomic E-state index is 9.91. The van der Waals surface area contributed by atoms with Gasteiger partial charge in [0.1, 0.15) is 17.2 Å². The van der Waals surface area contributed by atoms with Gasteiger partial charge in [-0.25, -0.2) is 0 Å². The van der Waals surface area contributed by atoms with Crippen LogP contribution in [0.3, 0.4) is 0 Å². The van der Waals surface area contributed by atoms with Gasteiger partial charge >= 0.3 is 0 Å². The molecule has 0 saturated heterocycles. The number of ether oxygens (including phenoxy) is 1. The number of phenols is 1. The van der Waals surface area contributed by atoms with Gasteiger partial charge in [-0.2, -0.15) is 0 Å². The lowest BCUT2D eigenvalue weighted by atomic mass is 9.74. The van der Waals surface area contributed by atoms with E-state index in [-0.39, 0.29) is 5.41 Å². The van der Waals surface area contributed by atoms with Crippen LogP contribution in [0.2, 0.25) is 0 Å². The van der Waals surface area contributed by atoms with Crippen LogP contribution in [0.25, 0.3) is 0 Å². The minimum absolute atomic E-state index is 0.109. The fraction of sp³-hybridized carbons (Fsp3) is 0.294. The normalized spacial score (nSPS) is 12.8. The van der Waals surface area contributed by atoms with Crippen molar-refractivity contribution < 1.29 is 9.84 Å². The molecule has 2 heterocycles. The molecular weight excluding hydrogens is 236 g/mol. The second-order valence-corrected chi connectivity index (χ2v) is 5.52. The molecule has 2 aliphatic heterocycles. The summed E-state index contributed by atoms with van der Waals surface area (Å²) in [6.07, 6.45) is 0.777. The number of hydrogen-bond acceptors (Lipinski definition) is 2. The van der Waals surface area contributed by atoms with Gasteiger partial charge < -0.3 is 9.84 Å². The largest absolute Gasteiger partial charge is 0.507 e. The van der Waals surface area contributed by atoms with Gasteiger partial charge in [0.05, 0.1) is 0 Å². The Bertz CT molecular complexity index is 627. The standard InChI is InChI=1S/C17H18O2/c1-4-12-13(18)10-14-15(16(12)19-14)17(2,3)11-8-6-5-7-9-11/h5-10,18H,4H2,1-3H3. The Labute approximate surface area is 113 Å². The third-order valence-corrected chi connectivity index (χ3v) is 4.01. The van der Waals surface area contributed by atoms with Crippen molar-refractivity contribution >= 4 is 0 Å². The Balaban J connectivity index is 2.15. The summed E-state index contributed by atoms with van der Waals surface area (Å²) in [5, 5.41) is 9.91. The summed E-state index contributed by atoms with van der Waals surface area (Å²) in [5.74, 6) is 2.02. The van der Waals surface area contributed by atoms with Crippen LogP contribution in [-0.4, -0.2) is 5.11 Å². The maximum Gasteiger partial charge on any atom is 0.142 e. The third kappa shape index (κ3) is 1.63. The molecule has 2 aromatic rings. The average molecular weight is 254 g/mol. The predicted octanol–water partition coefficient (Wildman–Crippen LogP) is 4.39. The molecule has 0 saturated carbocycles. The highest BCUT2D eigenvalue weighted by Gasteiger charge is 2.38. The van der Waals surface area contributed by atoms with E-state index >= 15 is 0 Å². The summed E-state index contributed by atoms with van der Waals surface area (Å²) in [6, 6.07) is 12.2. The van der Waals surface area contributed by atoms with E-state index < -0.39 is 0 Å². The highest BCUT2D eigenvalue weighted by molar-refractivity contribution is 5.68. The number of hydrogen-bond donors (Lipinski definition) is 1. The minimum Gasteiger partial charge on any atom is -0.507 e. The van der Waals surface area contributed by atoms with Crippen LogP contribution in [-0.2, 0) is 11.8 Å². The van der Waals surface area contributed by atoms with E-state index in [1.54, 1.807) is 6.07 Å². The molecule has 0 unspecified atom stereocenters. The van der Waals surface area contributed by atoms with Gasteiger partial charge in [-0.1, -0.05) is 51.1 Å². The van der Waals surface area contributed by atoms with Crippen molar-refractivity contribution in [3.63, 3.8) is 0 Å². The van der Waals surface area contributed by atoms with E-state index in [9.17, 15) is 5.11 Å². The van der Waals surface area contributed by atoms with Crippen LogP contribution < -0.4 is 4.74 Å². The molecular formula is C17H18O2. The molecule has 2 aliphatic rings. The summed E-state index contributed by atoms with van der Waals surface area (Å²) in [7, 11) is 0. The summed E-state index contributed by atoms with van der Waals surface area (Å²) < 4.78 is 5.69. The van der Waals surface area contributed by atoms with Crippen molar-refractivity contribution in [2.75, 3.05) is 0 Å². The Hall–Kier alpha value is -1.96. The van der Waals surface area contributed by atoms with Gasteiger partial charge in [0.15, 0.2) is 0 Å². The van der Waals surface area contributed by atoms with E-state index in [0.29, 0.717) is 5.75 Å². The molecule has 2 nitrogen and oxygen atoms in total. The second-order valence-electron chi connectivity index (χ2n) is 5.52. The fourth-order valence-electron chi connectivity index (χ4n) is 2.85. The van der Waals surface area contributed by atoms with Crippen LogP contribution in [0.5, 0.6) is 17.2 Å². The van der Waals surface area contributed by atoms with Crippen LogP contribution in [0.4, 0.5) is 0 Å². The molecule has 0 amide bonds. The lowest BCUT2D eigenvalue weighted by Crippen LogP contribution is -2.25. The summed E-state index contributed by atoms with van der Waals surface area (Å²) in [4.78, 5) is 0. The molecule has 0 atom stereocenters. The Morgan fingerprint density at radius 3 is 2.47 bits per heavy atom. The number of benzene rings is 2. The smallest absolute Gasteiger partial charge is 0.142 e. The van der Waals surface area contributed by atoms with Gasteiger partial charge in [0.2, 0.25) is 0 Å². The van der Waals surface area contributed by atoms with E-state index in [2.05, 4.69) is 38.1 Å². The van der Waals surface area contributed by atoms with Crippen LogP contribution in [0.1, 0.15) is 37.5 Å². The van der Waals surface area contributed by atoms with E-state index in [4.69, 9.17) is 4.74 Å². The lowest BCUT2D eigenvalue weighted by Gasteiger charge is -2.37. The van der Waals surface area contributed by atoms with Crippen molar-refractivity contribution in [3.8, 4) is 17.2 Å². The molecule has 2 heteroatoms. The average Bonchev–Trinajstić information content (AvgIpc) is 2.38. The topological polar surface area (TPSA) is 29.5 Å². The predicted molar refractivity (Wildman–Crippen MR) is 76.1 cm³/mol. The van der Waals surface area contributed by atoms with Gasteiger partial charge in [-0.15, -0.1) is 0 Å². The molecule has 4 rings (SSSR count). The first-order valence-corrected chi connectivity index (χ1v) is 6.68. The number of fused-ring (bicyclic) bond motifs is 2. The molecule has 0 aromatic heterocycles. The quantitative estimate of drug-likeness (QED) is 0.751. The van der Waals surface area contributed by atoms with Crippen molar-refractivity contribution in [2.45, 2.75) is 32.6 Å². The third-order valence-electron chi connectivity index (χ3n) is 4.01. The zero-order chi connectivity index (χ0) is 13.6. The maximum atomic E-state index is 9.91. The van der Waals surface area contributed by atoms with E-state index in [1.807, 2.05) is 13.0 Å². The molecule has 0 spiro atoms. The highest BCUT2D eigenvalue weighted by Crippen LogP contribution is 2.56. The lowest BCUT2D eigenvalue weighted by molar-refractivity contribution is 0.366. The molecule has 1 N–H and O–H groups in total. The SMILES string of the molecule is CCc1c(O)cc2c(C(C)(C)c3ccccc3)c1O2. The number of rotatable bonds is 3. The monoisotopic (exact) mass is 254 g/mol. The van der Waals surface area contributed by atoms with Crippen molar-refractivity contribution in [1.29, 1.82) is 0 Å². The van der Waals surface area contributed by atoms with Crippen molar-refractivity contribution in [2.24, 2.45) is 0 Å². The first kappa shape index (κ1) is 12.1. The van der Waals surface area contributed by atoms with Crippen LogP contribution in [0, 0.1) is 0 Å². The molecule has 0 aliphatic carbocycles. The second kappa shape index (κ2) is 4.02. The van der Waals surface area contributed by atoms with Crippen molar-refractivity contribution in [3.05, 3.63) is 53.1 Å². The highest BCUT2D eigenvalue weighted by atomic mass is 16.5. The molecule has 19 heavy (non-hydrogen) atoms. The number of aromatic hydroxyl groups is 1. The Morgan fingerprint density at radius 2 is 1.84 bits per heavy atom.